The van der Waals surface area contributed by atoms with Crippen LogP contribution in [0.1, 0.15) is 213 Å². The SMILES string of the molecule is CCCCCCCC/C=C\CCCCCCCCCCCC(=O)NC(COC1OC(CO)C(O)C(O)C1O)C(O)CCCCCCCCCCCCCC. The predicted octanol–water partition coefficient (Wildman–Crippen LogP) is 9.34. The minimum Gasteiger partial charge on any atom is -0.394 e. The third kappa shape index (κ3) is 26.7. The lowest BCUT2D eigenvalue weighted by molar-refractivity contribution is -0.302. The van der Waals surface area contributed by atoms with E-state index >= 15 is 0 Å². The van der Waals surface area contributed by atoms with Gasteiger partial charge in [-0.25, -0.2) is 0 Å². The van der Waals surface area contributed by atoms with Crippen molar-refractivity contribution in [3.05, 3.63) is 12.2 Å². The maximum absolute atomic E-state index is 13.0. The highest BCUT2D eigenvalue weighted by atomic mass is 16.7. The first-order chi connectivity index (χ1) is 26.3. The van der Waals surface area contributed by atoms with Crippen molar-refractivity contribution in [1.82, 2.24) is 5.32 Å². The van der Waals surface area contributed by atoms with Gasteiger partial charge in [-0.3, -0.25) is 4.79 Å². The van der Waals surface area contributed by atoms with Gasteiger partial charge in [-0.05, 0) is 38.5 Å². The molecule has 0 aliphatic carbocycles. The van der Waals surface area contributed by atoms with Gasteiger partial charge < -0.3 is 40.3 Å². The van der Waals surface area contributed by atoms with Crippen molar-refractivity contribution in [1.29, 1.82) is 0 Å². The van der Waals surface area contributed by atoms with E-state index in [0.717, 1.165) is 38.5 Å². The van der Waals surface area contributed by atoms with E-state index in [1.54, 1.807) is 0 Å². The van der Waals surface area contributed by atoms with Gasteiger partial charge in [-0.2, -0.15) is 0 Å². The van der Waals surface area contributed by atoms with Crippen LogP contribution in [-0.4, -0.2) is 87.5 Å². The lowest BCUT2D eigenvalue weighted by Gasteiger charge is -2.40. The first kappa shape index (κ1) is 50.9. The third-order valence-electron chi connectivity index (χ3n) is 11.1. The Morgan fingerprint density at radius 2 is 1.04 bits per heavy atom. The Morgan fingerprint density at radius 3 is 1.50 bits per heavy atom. The lowest BCUT2D eigenvalue weighted by Crippen LogP contribution is -2.60. The molecule has 6 N–H and O–H groups in total. The maximum atomic E-state index is 13.0. The zero-order valence-corrected chi connectivity index (χ0v) is 35.0. The second kappa shape index (κ2) is 36.3. The van der Waals surface area contributed by atoms with Crippen molar-refractivity contribution in [2.45, 2.75) is 256 Å². The molecule has 7 atom stereocenters. The number of hydrogen-bond donors (Lipinski definition) is 6. The highest BCUT2D eigenvalue weighted by Crippen LogP contribution is 2.23. The molecule has 320 valence electrons. The molecule has 1 aliphatic rings. The van der Waals surface area contributed by atoms with Crippen molar-refractivity contribution in [3.63, 3.8) is 0 Å². The van der Waals surface area contributed by atoms with Gasteiger partial charge in [0.1, 0.15) is 24.4 Å². The molecule has 0 spiro atoms. The molecule has 1 aliphatic heterocycles. The van der Waals surface area contributed by atoms with E-state index in [1.165, 1.54) is 148 Å². The molecule has 1 saturated heterocycles. The van der Waals surface area contributed by atoms with Gasteiger partial charge in [0, 0.05) is 6.42 Å². The molecular formula is C45H87NO8. The molecule has 0 aromatic rings. The highest BCUT2D eigenvalue weighted by Gasteiger charge is 2.44. The van der Waals surface area contributed by atoms with E-state index < -0.39 is 49.5 Å². The van der Waals surface area contributed by atoms with Crippen LogP contribution >= 0.6 is 0 Å². The quantitative estimate of drug-likeness (QED) is 0.0269. The number of nitrogens with one attached hydrogen (secondary N) is 1. The molecule has 7 unspecified atom stereocenters. The fourth-order valence-electron chi connectivity index (χ4n) is 7.39. The minimum atomic E-state index is -1.55. The van der Waals surface area contributed by atoms with Crippen molar-refractivity contribution in [2.75, 3.05) is 13.2 Å². The number of carbonyl (C=O) groups excluding carboxylic acids is 1. The average Bonchev–Trinajstić information content (AvgIpc) is 3.17. The molecule has 0 radical (unpaired) electrons. The van der Waals surface area contributed by atoms with Gasteiger partial charge in [-0.15, -0.1) is 0 Å². The first-order valence-electron chi connectivity index (χ1n) is 22.9. The van der Waals surface area contributed by atoms with Crippen molar-refractivity contribution in [3.8, 4) is 0 Å². The van der Waals surface area contributed by atoms with Crippen LogP contribution in [0, 0.1) is 0 Å². The van der Waals surface area contributed by atoms with Crippen LogP contribution < -0.4 is 5.32 Å². The predicted molar refractivity (Wildman–Crippen MR) is 221 cm³/mol. The van der Waals surface area contributed by atoms with E-state index in [-0.39, 0.29) is 12.5 Å². The summed E-state index contributed by atoms with van der Waals surface area (Å²) in [5.74, 6) is -0.146. The summed E-state index contributed by atoms with van der Waals surface area (Å²) in [4.78, 5) is 13.0. The smallest absolute Gasteiger partial charge is 0.220 e. The molecule has 9 heteroatoms. The van der Waals surface area contributed by atoms with Crippen molar-refractivity contribution in [2.24, 2.45) is 0 Å². The van der Waals surface area contributed by atoms with Gasteiger partial charge in [0.2, 0.25) is 5.91 Å². The number of aliphatic hydroxyl groups is 5. The number of allylic oxidation sites excluding steroid dienone is 2. The average molecular weight is 770 g/mol. The summed E-state index contributed by atoms with van der Waals surface area (Å²) >= 11 is 0. The molecule has 54 heavy (non-hydrogen) atoms. The fraction of sp³-hybridized carbons (Fsp3) is 0.933. The summed E-state index contributed by atoms with van der Waals surface area (Å²) in [6, 6.07) is -0.714. The van der Waals surface area contributed by atoms with Crippen LogP contribution in [0.4, 0.5) is 0 Å². The van der Waals surface area contributed by atoms with Gasteiger partial charge in [0.05, 0.1) is 25.4 Å². The molecule has 0 saturated carbocycles. The number of unbranched alkanes of at least 4 members (excludes halogenated alkanes) is 26. The molecular weight excluding hydrogens is 682 g/mol. The van der Waals surface area contributed by atoms with Crippen LogP contribution in [0.25, 0.3) is 0 Å². The van der Waals surface area contributed by atoms with E-state index in [1.807, 2.05) is 0 Å². The Morgan fingerprint density at radius 1 is 0.611 bits per heavy atom. The highest BCUT2D eigenvalue weighted by molar-refractivity contribution is 5.76. The topological polar surface area (TPSA) is 149 Å². The Bertz CT molecular complexity index is 858. The summed E-state index contributed by atoms with van der Waals surface area (Å²) in [5.41, 5.74) is 0. The van der Waals surface area contributed by atoms with Gasteiger partial charge in [0.15, 0.2) is 6.29 Å². The molecule has 9 nitrogen and oxygen atoms in total. The van der Waals surface area contributed by atoms with Crippen molar-refractivity contribution >= 4 is 5.91 Å². The fourth-order valence-corrected chi connectivity index (χ4v) is 7.39. The van der Waals surface area contributed by atoms with Crippen LogP contribution in [0.15, 0.2) is 12.2 Å². The molecule has 0 aromatic carbocycles. The molecule has 0 aromatic heterocycles. The minimum absolute atomic E-state index is 0.136. The normalized spacial score (nSPS) is 21.5. The zero-order valence-electron chi connectivity index (χ0n) is 35.0. The Balaban J connectivity index is 2.30. The standard InChI is InChI=1S/C45H87NO8/c1-3-5-7-9-11-13-15-17-18-19-20-21-22-23-25-27-29-31-33-35-41(49)46-38(37-53-45-44(52)43(51)42(50)40(36-47)54-45)39(48)34-32-30-28-26-24-16-14-12-10-8-6-4-2/h17-18,38-40,42-45,47-48,50-52H,3-16,19-37H2,1-2H3,(H,46,49)/b18-17-. The Kier molecular flexibility index (Phi) is 34.2. The monoisotopic (exact) mass is 770 g/mol. The van der Waals surface area contributed by atoms with E-state index in [9.17, 15) is 30.3 Å². The van der Waals surface area contributed by atoms with E-state index in [4.69, 9.17) is 9.47 Å². The van der Waals surface area contributed by atoms with Crippen LogP contribution in [0.2, 0.25) is 0 Å². The lowest BCUT2D eigenvalue weighted by atomic mass is 9.99. The number of rotatable bonds is 38. The number of carbonyl (C=O) groups is 1. The van der Waals surface area contributed by atoms with E-state index in [0.29, 0.717) is 12.8 Å². The first-order valence-corrected chi connectivity index (χ1v) is 22.9. The summed E-state index contributed by atoms with van der Waals surface area (Å²) in [5, 5.41) is 54.3. The second-order valence-electron chi connectivity index (χ2n) is 16.2. The van der Waals surface area contributed by atoms with E-state index in [2.05, 4.69) is 31.3 Å². The Hall–Kier alpha value is -1.07. The third-order valence-corrected chi connectivity index (χ3v) is 11.1. The van der Waals surface area contributed by atoms with Crippen molar-refractivity contribution < 1.29 is 39.8 Å². The largest absolute Gasteiger partial charge is 0.394 e. The number of amides is 1. The summed E-state index contributed by atoms with van der Waals surface area (Å²) < 4.78 is 11.2. The van der Waals surface area contributed by atoms with Crippen LogP contribution in [0.5, 0.6) is 0 Å². The molecule has 1 fully saturated rings. The molecule has 0 bridgehead atoms. The number of ether oxygens (including phenoxy) is 2. The maximum Gasteiger partial charge on any atom is 0.220 e. The van der Waals surface area contributed by atoms with Crippen LogP contribution in [-0.2, 0) is 14.3 Å². The Labute approximate surface area is 331 Å². The van der Waals surface area contributed by atoms with Gasteiger partial charge in [-0.1, -0.05) is 180 Å². The molecule has 1 heterocycles. The molecule has 1 amide bonds. The summed E-state index contributed by atoms with van der Waals surface area (Å²) in [6.45, 7) is 3.82. The van der Waals surface area contributed by atoms with Gasteiger partial charge in [0.25, 0.3) is 0 Å². The zero-order chi connectivity index (χ0) is 39.5. The summed E-state index contributed by atoms with van der Waals surface area (Å²) in [7, 11) is 0. The van der Waals surface area contributed by atoms with Gasteiger partial charge >= 0.3 is 0 Å². The number of aliphatic hydroxyl groups excluding tert-OH is 5. The second-order valence-corrected chi connectivity index (χ2v) is 16.2. The van der Waals surface area contributed by atoms with Crippen LogP contribution in [0.3, 0.4) is 0 Å². The number of hydrogen-bond acceptors (Lipinski definition) is 8. The summed E-state index contributed by atoms with van der Waals surface area (Å²) in [6.07, 6.45) is 33.6. The molecule has 1 rings (SSSR count).